The molecule has 3 saturated carbocycles. The molecule has 2 atom stereocenters. The minimum atomic E-state index is -2.88. The predicted octanol–water partition coefficient (Wildman–Crippen LogP) is 8.39. The van der Waals surface area contributed by atoms with Crippen molar-refractivity contribution in [1.82, 2.24) is 0 Å². The van der Waals surface area contributed by atoms with E-state index in [2.05, 4.69) is 26.0 Å². The van der Waals surface area contributed by atoms with E-state index in [1.165, 1.54) is 51.4 Å². The molecule has 4 rings (SSSR count). The predicted molar refractivity (Wildman–Crippen MR) is 119 cm³/mol. The smallest absolute Gasteiger partial charge is 0.316 e. The maximum absolute atomic E-state index is 14.5. The normalized spacial score (nSPS) is 44.7. The van der Waals surface area contributed by atoms with E-state index in [-0.39, 0.29) is 12.0 Å². The molecule has 0 N–H and O–H groups in total. The Morgan fingerprint density at radius 1 is 0.767 bits per heavy atom. The molecule has 0 unspecified atom stereocenters. The lowest BCUT2D eigenvalue weighted by Gasteiger charge is -2.53. The van der Waals surface area contributed by atoms with E-state index in [0.717, 1.165) is 56.3 Å². The molecule has 0 amide bonds. The van der Waals surface area contributed by atoms with Crippen LogP contribution in [0.25, 0.3) is 0 Å². The topological polar surface area (TPSA) is 9.23 Å². The van der Waals surface area contributed by atoms with E-state index < -0.39 is 12.0 Å². The highest BCUT2D eigenvalue weighted by Crippen LogP contribution is 2.55. The summed E-state index contributed by atoms with van der Waals surface area (Å²) < 4.78 is 34.2. The van der Waals surface area contributed by atoms with Crippen LogP contribution >= 0.6 is 0 Å². The second-order valence-electron chi connectivity index (χ2n) is 11.1. The first kappa shape index (κ1) is 22.7. The van der Waals surface area contributed by atoms with Gasteiger partial charge in [0.1, 0.15) is 0 Å². The fourth-order valence-electron chi connectivity index (χ4n) is 7.65. The van der Waals surface area contributed by atoms with Crippen molar-refractivity contribution < 1.29 is 13.5 Å². The molecule has 0 radical (unpaired) electrons. The fraction of sp³-hybridized carbons (Fsp3) is 0.926. The molecule has 0 bridgehead atoms. The van der Waals surface area contributed by atoms with Crippen molar-refractivity contribution in [2.75, 3.05) is 0 Å². The maximum Gasteiger partial charge on any atom is 0.361 e. The summed E-state index contributed by atoms with van der Waals surface area (Å²) >= 11 is 0. The quantitative estimate of drug-likeness (QED) is 0.390. The van der Waals surface area contributed by atoms with Crippen LogP contribution in [0.4, 0.5) is 8.78 Å². The molecule has 0 aromatic carbocycles. The van der Waals surface area contributed by atoms with Crippen molar-refractivity contribution in [3.05, 3.63) is 12.2 Å². The summed E-state index contributed by atoms with van der Waals surface area (Å²) in [5.74, 6) is 3.33. The van der Waals surface area contributed by atoms with Crippen molar-refractivity contribution in [2.24, 2.45) is 41.4 Å². The van der Waals surface area contributed by atoms with E-state index in [1.54, 1.807) is 0 Å². The van der Waals surface area contributed by atoms with Gasteiger partial charge >= 0.3 is 6.11 Å². The fourth-order valence-corrected chi connectivity index (χ4v) is 7.65. The summed E-state index contributed by atoms with van der Waals surface area (Å²) in [6.07, 6.45) is 18.5. The van der Waals surface area contributed by atoms with E-state index in [9.17, 15) is 8.78 Å². The minimum absolute atomic E-state index is 0.159. The third-order valence-electron chi connectivity index (χ3n) is 9.36. The van der Waals surface area contributed by atoms with Crippen LogP contribution in [0.2, 0.25) is 0 Å². The first-order valence-electron chi connectivity index (χ1n) is 13.2. The van der Waals surface area contributed by atoms with Crippen LogP contribution in [0.3, 0.4) is 0 Å². The molecule has 1 nitrogen and oxygen atoms in total. The molecule has 4 aliphatic rings. The molecule has 0 aromatic rings. The summed E-state index contributed by atoms with van der Waals surface area (Å²) in [6.45, 7) is 4.36. The third-order valence-corrected chi connectivity index (χ3v) is 9.36. The number of hydrogen-bond acceptors (Lipinski definition) is 1. The van der Waals surface area contributed by atoms with Crippen molar-refractivity contribution >= 4 is 0 Å². The standard InChI is InChI=1S/C27H44F2O/c1-3-5-19-7-11-21(12-8-19)22-15-17-24(18-16-22)26-25(27(28,29)30-26)23-13-9-20(6-4-2)10-14-23/h4,6,19-26H,3,5,7-18H2,1-2H3/b6-4+/t19?,20?,21?,22?,23?,24?,25-,26-/m0/s1. The summed E-state index contributed by atoms with van der Waals surface area (Å²) in [5.41, 5.74) is 0. The Hall–Kier alpha value is -0.440. The van der Waals surface area contributed by atoms with Crippen LogP contribution < -0.4 is 0 Å². The highest BCUT2D eigenvalue weighted by molar-refractivity contribution is 5.00. The summed E-state index contributed by atoms with van der Waals surface area (Å²) in [7, 11) is 0. The number of allylic oxidation sites excluding steroid dienone is 2. The molecule has 0 aromatic heterocycles. The average Bonchev–Trinajstić information content (AvgIpc) is 2.75. The zero-order valence-electron chi connectivity index (χ0n) is 19.3. The second kappa shape index (κ2) is 10.0. The van der Waals surface area contributed by atoms with Gasteiger partial charge in [0.25, 0.3) is 0 Å². The van der Waals surface area contributed by atoms with Crippen LogP contribution in [0.1, 0.15) is 104 Å². The Kier molecular flexibility index (Phi) is 7.59. The van der Waals surface area contributed by atoms with E-state index in [1.807, 2.05) is 0 Å². The van der Waals surface area contributed by atoms with E-state index in [4.69, 9.17) is 4.74 Å². The van der Waals surface area contributed by atoms with Gasteiger partial charge in [-0.2, -0.15) is 8.78 Å². The lowest BCUT2D eigenvalue weighted by atomic mass is 9.64. The molecule has 1 heterocycles. The van der Waals surface area contributed by atoms with Gasteiger partial charge in [0, 0.05) is 0 Å². The Bertz CT molecular complexity index is 549. The molecule has 3 heteroatoms. The molecule has 3 aliphatic carbocycles. The molecule has 1 saturated heterocycles. The summed E-state index contributed by atoms with van der Waals surface area (Å²) in [4.78, 5) is 0. The van der Waals surface area contributed by atoms with Gasteiger partial charge in [-0.15, -0.1) is 0 Å². The molecule has 0 spiro atoms. The van der Waals surface area contributed by atoms with Gasteiger partial charge < -0.3 is 4.74 Å². The zero-order chi connectivity index (χ0) is 21.1. The lowest BCUT2D eigenvalue weighted by Crippen LogP contribution is -2.61. The zero-order valence-corrected chi connectivity index (χ0v) is 19.3. The Labute approximate surface area is 183 Å². The molecule has 30 heavy (non-hydrogen) atoms. The molecule has 172 valence electrons. The van der Waals surface area contributed by atoms with Crippen LogP contribution in [0.5, 0.6) is 0 Å². The van der Waals surface area contributed by atoms with Crippen molar-refractivity contribution in [3.63, 3.8) is 0 Å². The van der Waals surface area contributed by atoms with Gasteiger partial charge in [0.2, 0.25) is 0 Å². The Morgan fingerprint density at radius 3 is 1.83 bits per heavy atom. The Morgan fingerprint density at radius 2 is 1.30 bits per heavy atom. The Balaban J connectivity index is 1.26. The third kappa shape index (κ3) is 4.97. The van der Waals surface area contributed by atoms with Crippen LogP contribution in [0, 0.1) is 41.4 Å². The van der Waals surface area contributed by atoms with E-state index >= 15 is 0 Å². The highest BCUT2D eigenvalue weighted by atomic mass is 19.3. The largest absolute Gasteiger partial charge is 0.361 e. The van der Waals surface area contributed by atoms with Gasteiger partial charge in [-0.25, -0.2) is 0 Å². The van der Waals surface area contributed by atoms with Crippen LogP contribution in [-0.2, 0) is 4.74 Å². The highest BCUT2D eigenvalue weighted by Gasteiger charge is 2.62. The molecule has 1 aliphatic heterocycles. The monoisotopic (exact) mass is 422 g/mol. The van der Waals surface area contributed by atoms with E-state index in [0.29, 0.717) is 11.8 Å². The summed E-state index contributed by atoms with van der Waals surface area (Å²) in [6, 6.07) is 0. The molecular formula is C27H44F2O. The SMILES string of the molecule is C/C=C/C1CCC([C@H]2[C@H](C3CCC(C4CCC(CCC)CC4)CC3)OC2(F)F)CC1. The number of alkyl halides is 2. The van der Waals surface area contributed by atoms with Crippen molar-refractivity contribution in [1.29, 1.82) is 0 Å². The number of hydrogen-bond donors (Lipinski definition) is 0. The number of rotatable bonds is 6. The first-order valence-corrected chi connectivity index (χ1v) is 13.2. The van der Waals surface area contributed by atoms with Gasteiger partial charge in [0.15, 0.2) is 0 Å². The molecule has 4 fully saturated rings. The first-order chi connectivity index (χ1) is 14.5. The lowest BCUT2D eigenvalue weighted by molar-refractivity contribution is -0.418. The number of ether oxygens (including phenoxy) is 1. The average molecular weight is 423 g/mol. The maximum atomic E-state index is 14.5. The van der Waals surface area contributed by atoms with Gasteiger partial charge in [-0.1, -0.05) is 44.8 Å². The van der Waals surface area contributed by atoms with Gasteiger partial charge in [0.05, 0.1) is 12.0 Å². The summed E-state index contributed by atoms with van der Waals surface area (Å²) in [5, 5.41) is 0. The van der Waals surface area contributed by atoms with Crippen molar-refractivity contribution in [3.8, 4) is 0 Å². The van der Waals surface area contributed by atoms with Gasteiger partial charge in [-0.3, -0.25) is 0 Å². The minimum Gasteiger partial charge on any atom is -0.316 e. The molecular weight excluding hydrogens is 378 g/mol. The van der Waals surface area contributed by atoms with Crippen LogP contribution in [0.15, 0.2) is 12.2 Å². The van der Waals surface area contributed by atoms with Crippen molar-refractivity contribution in [2.45, 2.75) is 116 Å². The van der Waals surface area contributed by atoms with Gasteiger partial charge in [-0.05, 0) is 107 Å². The number of halogens is 2. The van der Waals surface area contributed by atoms with Crippen LogP contribution in [-0.4, -0.2) is 12.2 Å². The second-order valence-corrected chi connectivity index (χ2v) is 11.1.